The molecule has 2 heterocycles. The maximum atomic E-state index is 11.9. The molecule has 0 aromatic carbocycles. The minimum Gasteiger partial charge on any atom is -0.497 e. The molecule has 0 aliphatic heterocycles. The van der Waals surface area contributed by atoms with Crippen molar-refractivity contribution < 1.29 is 4.74 Å². The van der Waals surface area contributed by atoms with Crippen LogP contribution in [-0.4, -0.2) is 16.7 Å². The average molecular weight is 244 g/mol. The first-order chi connectivity index (χ1) is 8.61. The minimum absolute atomic E-state index is 0.131. The van der Waals surface area contributed by atoms with Crippen molar-refractivity contribution in [3.05, 3.63) is 52.7 Å². The van der Waals surface area contributed by atoms with Crippen LogP contribution in [-0.2, 0) is 0 Å². The zero-order valence-electron chi connectivity index (χ0n) is 10.8. The number of rotatable bonds is 3. The Bertz CT molecular complexity index is 585. The fraction of sp³-hybridized carbons (Fsp3) is 0.286. The minimum atomic E-state index is -0.131. The maximum Gasteiger partial charge on any atom is 0.258 e. The number of hydrogen-bond donors (Lipinski definition) is 0. The van der Waals surface area contributed by atoms with Gasteiger partial charge in [0, 0.05) is 18.0 Å². The van der Waals surface area contributed by atoms with Crippen molar-refractivity contribution in [2.24, 2.45) is 0 Å². The Balaban J connectivity index is 2.40. The molecule has 0 aliphatic rings. The molecule has 0 atom stereocenters. The van der Waals surface area contributed by atoms with Crippen LogP contribution < -0.4 is 10.3 Å². The molecule has 2 aromatic heterocycles. The summed E-state index contributed by atoms with van der Waals surface area (Å²) in [5.41, 5.74) is 1.64. The van der Waals surface area contributed by atoms with Crippen molar-refractivity contribution in [1.29, 1.82) is 0 Å². The number of methoxy groups -OCH3 is 1. The summed E-state index contributed by atoms with van der Waals surface area (Å²) >= 11 is 0. The van der Waals surface area contributed by atoms with Crippen LogP contribution in [0.3, 0.4) is 0 Å². The van der Waals surface area contributed by atoms with Crippen LogP contribution in [0.2, 0.25) is 0 Å². The number of pyridine rings is 2. The van der Waals surface area contributed by atoms with Gasteiger partial charge in [-0.05, 0) is 24.1 Å². The predicted octanol–water partition coefficient (Wildman–Crippen LogP) is 2.36. The molecule has 18 heavy (non-hydrogen) atoms. The van der Waals surface area contributed by atoms with E-state index < -0.39 is 0 Å². The lowest BCUT2D eigenvalue weighted by atomic mass is 10.1. The second-order valence-corrected chi connectivity index (χ2v) is 4.37. The summed E-state index contributed by atoms with van der Waals surface area (Å²) in [6.45, 7) is 4.17. The second kappa shape index (κ2) is 5.04. The van der Waals surface area contributed by atoms with E-state index in [0.717, 1.165) is 11.4 Å². The van der Waals surface area contributed by atoms with Crippen LogP contribution in [0.4, 0.5) is 0 Å². The highest BCUT2D eigenvalue weighted by Gasteiger charge is 2.04. The van der Waals surface area contributed by atoms with E-state index in [1.54, 1.807) is 23.0 Å². The normalized spacial score (nSPS) is 10.7. The second-order valence-electron chi connectivity index (χ2n) is 4.37. The van der Waals surface area contributed by atoms with Crippen LogP contribution in [0.5, 0.6) is 5.75 Å². The molecule has 4 nitrogen and oxygen atoms in total. The number of nitrogens with zero attached hydrogens (tertiary/aromatic N) is 2. The van der Waals surface area contributed by atoms with Gasteiger partial charge in [0.25, 0.3) is 5.56 Å². The van der Waals surface area contributed by atoms with Crippen molar-refractivity contribution >= 4 is 0 Å². The molecular formula is C14H16N2O2. The van der Waals surface area contributed by atoms with E-state index in [1.807, 2.05) is 12.1 Å². The van der Waals surface area contributed by atoms with E-state index in [0.29, 0.717) is 11.7 Å². The number of aromatic nitrogens is 2. The van der Waals surface area contributed by atoms with E-state index in [2.05, 4.69) is 18.8 Å². The topological polar surface area (TPSA) is 44.1 Å². The highest BCUT2D eigenvalue weighted by atomic mass is 16.5. The van der Waals surface area contributed by atoms with Crippen molar-refractivity contribution in [3.8, 4) is 11.4 Å². The first-order valence-corrected chi connectivity index (χ1v) is 5.85. The molecule has 2 rings (SSSR count). The molecule has 0 unspecified atom stereocenters. The zero-order chi connectivity index (χ0) is 13.1. The average Bonchev–Trinajstić information content (AvgIpc) is 2.38. The molecule has 4 heteroatoms. The molecule has 94 valence electrons. The Morgan fingerprint density at radius 2 is 2.06 bits per heavy atom. The van der Waals surface area contributed by atoms with Crippen molar-refractivity contribution in [2.75, 3.05) is 7.11 Å². The Hall–Kier alpha value is -2.10. The first-order valence-electron chi connectivity index (χ1n) is 5.85. The van der Waals surface area contributed by atoms with Crippen LogP contribution in [0, 0.1) is 0 Å². The van der Waals surface area contributed by atoms with E-state index in [4.69, 9.17) is 4.74 Å². The zero-order valence-corrected chi connectivity index (χ0v) is 10.8. The van der Waals surface area contributed by atoms with E-state index >= 15 is 0 Å². The summed E-state index contributed by atoms with van der Waals surface area (Å²) in [7, 11) is 1.54. The first kappa shape index (κ1) is 12.4. The summed E-state index contributed by atoms with van der Waals surface area (Å²) in [6.07, 6.45) is 3.40. The molecule has 2 aromatic rings. The van der Waals surface area contributed by atoms with Gasteiger partial charge in [0.15, 0.2) is 0 Å². The third-order valence-corrected chi connectivity index (χ3v) is 2.77. The molecule has 0 aliphatic carbocycles. The van der Waals surface area contributed by atoms with Crippen molar-refractivity contribution in [1.82, 2.24) is 9.55 Å². The highest BCUT2D eigenvalue weighted by Crippen LogP contribution is 2.13. The lowest BCUT2D eigenvalue weighted by Crippen LogP contribution is -2.16. The highest BCUT2D eigenvalue weighted by molar-refractivity contribution is 5.32. The molecule has 0 saturated carbocycles. The monoisotopic (exact) mass is 244 g/mol. The molecule has 0 spiro atoms. The lowest BCUT2D eigenvalue weighted by molar-refractivity contribution is 0.413. The van der Waals surface area contributed by atoms with Gasteiger partial charge in [0.2, 0.25) is 0 Å². The van der Waals surface area contributed by atoms with Gasteiger partial charge < -0.3 is 4.74 Å². The van der Waals surface area contributed by atoms with Crippen molar-refractivity contribution in [3.63, 3.8) is 0 Å². The fourth-order valence-corrected chi connectivity index (χ4v) is 1.68. The Morgan fingerprint density at radius 1 is 1.28 bits per heavy atom. The Kier molecular flexibility index (Phi) is 3.46. The van der Waals surface area contributed by atoms with Gasteiger partial charge in [-0.15, -0.1) is 0 Å². The van der Waals surface area contributed by atoms with Gasteiger partial charge >= 0.3 is 0 Å². The van der Waals surface area contributed by atoms with E-state index in [-0.39, 0.29) is 5.56 Å². The summed E-state index contributed by atoms with van der Waals surface area (Å²) in [5, 5.41) is 0. The van der Waals surface area contributed by atoms with Gasteiger partial charge in [-0.3, -0.25) is 14.3 Å². The van der Waals surface area contributed by atoms with Crippen LogP contribution in [0.1, 0.15) is 25.5 Å². The van der Waals surface area contributed by atoms with E-state index in [9.17, 15) is 4.79 Å². The smallest absolute Gasteiger partial charge is 0.258 e. The Labute approximate surface area is 106 Å². The van der Waals surface area contributed by atoms with Crippen LogP contribution in [0.25, 0.3) is 5.69 Å². The predicted molar refractivity (Wildman–Crippen MR) is 70.5 cm³/mol. The Morgan fingerprint density at radius 3 is 2.56 bits per heavy atom. The summed E-state index contributed by atoms with van der Waals surface area (Å²) in [5.74, 6) is 0.939. The summed E-state index contributed by atoms with van der Waals surface area (Å²) in [4.78, 5) is 16.2. The molecule has 0 amide bonds. The van der Waals surface area contributed by atoms with Gasteiger partial charge in [-0.1, -0.05) is 13.8 Å². The maximum absolute atomic E-state index is 11.9. The van der Waals surface area contributed by atoms with Crippen molar-refractivity contribution in [2.45, 2.75) is 19.8 Å². The van der Waals surface area contributed by atoms with Gasteiger partial charge in [-0.2, -0.15) is 0 Å². The standard InChI is InChI=1S/C14H16N2O2/c1-10(2)13-5-4-11(9-15-13)16-7-6-12(18-3)8-14(16)17/h4-10H,1-3H3. The molecular weight excluding hydrogens is 228 g/mol. The summed E-state index contributed by atoms with van der Waals surface area (Å²) < 4.78 is 6.55. The number of ether oxygens (including phenoxy) is 1. The van der Waals surface area contributed by atoms with E-state index in [1.165, 1.54) is 13.2 Å². The lowest BCUT2D eigenvalue weighted by Gasteiger charge is -2.08. The molecule has 0 saturated heterocycles. The molecule has 0 fully saturated rings. The molecule has 0 bridgehead atoms. The summed E-state index contributed by atoms with van der Waals surface area (Å²) in [6, 6.07) is 7.04. The van der Waals surface area contributed by atoms with Crippen LogP contribution in [0.15, 0.2) is 41.5 Å². The third kappa shape index (κ3) is 2.42. The van der Waals surface area contributed by atoms with Gasteiger partial charge in [-0.25, -0.2) is 0 Å². The number of hydrogen-bond acceptors (Lipinski definition) is 3. The van der Waals surface area contributed by atoms with Crippen LogP contribution >= 0.6 is 0 Å². The van der Waals surface area contributed by atoms with Gasteiger partial charge in [0.1, 0.15) is 5.75 Å². The largest absolute Gasteiger partial charge is 0.497 e. The van der Waals surface area contributed by atoms with Gasteiger partial charge in [0.05, 0.1) is 19.0 Å². The molecule has 0 radical (unpaired) electrons. The molecule has 0 N–H and O–H groups in total. The fourth-order valence-electron chi connectivity index (χ4n) is 1.68. The third-order valence-electron chi connectivity index (χ3n) is 2.77. The SMILES string of the molecule is COc1ccn(-c2ccc(C(C)C)nc2)c(=O)c1. The quantitative estimate of drug-likeness (QED) is 0.832.